The third-order valence-corrected chi connectivity index (χ3v) is 6.12. The largest absolute Gasteiger partial charge is 0.281 e. The van der Waals surface area contributed by atoms with E-state index in [2.05, 4.69) is 14.9 Å². The maximum absolute atomic E-state index is 12.4. The van der Waals surface area contributed by atoms with Gasteiger partial charge in [-0.1, -0.05) is 19.9 Å². The van der Waals surface area contributed by atoms with E-state index in [0.29, 0.717) is 17.9 Å². The Morgan fingerprint density at radius 1 is 1.40 bits per heavy atom. The first-order valence-electron chi connectivity index (χ1n) is 6.29. The normalized spacial score (nSPS) is 12.8. The minimum absolute atomic E-state index is 0.243. The summed E-state index contributed by atoms with van der Waals surface area (Å²) in [4.78, 5) is 1.40. The molecule has 0 aliphatic carbocycles. The zero-order chi connectivity index (χ0) is 15.0. The van der Waals surface area contributed by atoms with Crippen LogP contribution in [0, 0.1) is 13.8 Å². The summed E-state index contributed by atoms with van der Waals surface area (Å²) in [5.41, 5.74) is 0.806. The van der Waals surface area contributed by atoms with E-state index in [1.807, 2.05) is 31.4 Å². The third kappa shape index (κ3) is 2.94. The van der Waals surface area contributed by atoms with Crippen molar-refractivity contribution in [2.24, 2.45) is 0 Å². The summed E-state index contributed by atoms with van der Waals surface area (Å²) in [6.07, 6.45) is 0. The summed E-state index contributed by atoms with van der Waals surface area (Å²) in [6, 6.07) is 3.99. The molecule has 7 heteroatoms. The molecule has 2 rings (SSSR count). The van der Waals surface area contributed by atoms with Crippen molar-refractivity contribution in [2.75, 3.05) is 6.54 Å². The predicted octanol–water partition coefficient (Wildman–Crippen LogP) is 2.34. The minimum Gasteiger partial charge on any atom is -0.281 e. The number of aromatic nitrogens is 2. The highest BCUT2D eigenvalue weighted by atomic mass is 32.2. The molecule has 0 spiro atoms. The van der Waals surface area contributed by atoms with Crippen LogP contribution in [0.4, 0.5) is 0 Å². The van der Waals surface area contributed by atoms with Crippen LogP contribution in [0.2, 0.25) is 0 Å². The molecule has 0 aromatic carbocycles. The molecular weight excluding hydrogens is 294 g/mol. The van der Waals surface area contributed by atoms with Crippen molar-refractivity contribution in [3.63, 3.8) is 0 Å². The van der Waals surface area contributed by atoms with Crippen LogP contribution >= 0.6 is 11.3 Å². The van der Waals surface area contributed by atoms with Gasteiger partial charge in [0.15, 0.2) is 0 Å². The molecule has 0 unspecified atom stereocenters. The van der Waals surface area contributed by atoms with Gasteiger partial charge in [-0.3, -0.25) is 5.10 Å². The molecule has 0 fully saturated rings. The van der Waals surface area contributed by atoms with E-state index in [-0.39, 0.29) is 10.3 Å². The molecule has 0 atom stereocenters. The zero-order valence-corrected chi connectivity index (χ0v) is 13.7. The van der Waals surface area contributed by atoms with E-state index in [4.69, 9.17) is 0 Å². The molecule has 0 aliphatic heterocycles. The molecule has 110 valence electrons. The number of aryl methyl sites for hydroxylation is 2. The highest BCUT2D eigenvalue weighted by Gasteiger charge is 2.27. The molecule has 0 saturated heterocycles. The maximum Gasteiger partial charge on any atom is 0.244 e. The average Bonchev–Trinajstić information content (AvgIpc) is 2.98. The summed E-state index contributed by atoms with van der Waals surface area (Å²) in [6.45, 7) is 7.79. The van der Waals surface area contributed by atoms with Crippen LogP contribution in [0.15, 0.2) is 22.4 Å². The molecule has 2 heterocycles. The Balaban J connectivity index is 2.19. The Kier molecular flexibility index (Phi) is 4.04. The van der Waals surface area contributed by atoms with Crippen molar-refractivity contribution in [3.8, 4) is 0 Å². The summed E-state index contributed by atoms with van der Waals surface area (Å²) in [5.74, 6) is 0. The number of rotatable bonds is 5. The summed E-state index contributed by atoms with van der Waals surface area (Å²) in [7, 11) is -3.54. The van der Waals surface area contributed by atoms with Gasteiger partial charge in [-0.25, -0.2) is 13.1 Å². The molecule has 2 N–H and O–H groups in total. The van der Waals surface area contributed by atoms with Crippen LogP contribution in [0.5, 0.6) is 0 Å². The lowest BCUT2D eigenvalue weighted by Crippen LogP contribution is -2.36. The highest BCUT2D eigenvalue weighted by Crippen LogP contribution is 2.27. The number of thiophene rings is 1. The standard InChI is InChI=1S/C13H19N3O2S2/c1-9-12(10(2)16-15-9)20(17,18)14-8-13(3,4)11-6-5-7-19-11/h5-7,14H,8H2,1-4H3,(H,15,16). The van der Waals surface area contributed by atoms with Crippen molar-refractivity contribution >= 4 is 21.4 Å². The Hall–Kier alpha value is -1.18. The first-order chi connectivity index (χ1) is 9.24. The summed E-state index contributed by atoms with van der Waals surface area (Å²) < 4.78 is 27.5. The highest BCUT2D eigenvalue weighted by molar-refractivity contribution is 7.89. The molecule has 0 amide bonds. The molecule has 0 bridgehead atoms. The van der Waals surface area contributed by atoms with E-state index in [1.54, 1.807) is 25.2 Å². The van der Waals surface area contributed by atoms with Crippen LogP contribution in [0.1, 0.15) is 30.1 Å². The van der Waals surface area contributed by atoms with Crippen LogP contribution in [-0.4, -0.2) is 25.2 Å². The summed E-state index contributed by atoms with van der Waals surface area (Å²) >= 11 is 1.63. The number of sulfonamides is 1. The molecule has 0 aliphatic rings. The Labute approximate surface area is 123 Å². The number of nitrogens with zero attached hydrogens (tertiary/aromatic N) is 1. The van der Waals surface area contributed by atoms with E-state index < -0.39 is 10.0 Å². The second-order valence-electron chi connectivity index (χ2n) is 5.45. The molecule has 0 radical (unpaired) electrons. The monoisotopic (exact) mass is 313 g/mol. The SMILES string of the molecule is Cc1n[nH]c(C)c1S(=O)(=O)NCC(C)(C)c1cccs1. The van der Waals surface area contributed by atoms with Gasteiger partial charge in [0.1, 0.15) is 4.90 Å². The van der Waals surface area contributed by atoms with Crippen LogP contribution in [0.3, 0.4) is 0 Å². The molecule has 2 aromatic heterocycles. The van der Waals surface area contributed by atoms with Gasteiger partial charge in [0.2, 0.25) is 10.0 Å². The molecule has 2 aromatic rings. The number of hydrogen-bond donors (Lipinski definition) is 2. The van der Waals surface area contributed by atoms with Crippen molar-refractivity contribution in [3.05, 3.63) is 33.8 Å². The second-order valence-corrected chi connectivity index (χ2v) is 8.10. The van der Waals surface area contributed by atoms with Gasteiger partial charge in [-0.15, -0.1) is 11.3 Å². The quantitative estimate of drug-likeness (QED) is 0.889. The number of aromatic amines is 1. The first kappa shape index (κ1) is 15.2. The van der Waals surface area contributed by atoms with Gasteiger partial charge in [0.05, 0.1) is 11.4 Å². The lowest BCUT2D eigenvalue weighted by Gasteiger charge is -2.23. The molecular formula is C13H19N3O2S2. The smallest absolute Gasteiger partial charge is 0.244 e. The Morgan fingerprint density at radius 2 is 2.10 bits per heavy atom. The maximum atomic E-state index is 12.4. The lowest BCUT2D eigenvalue weighted by atomic mass is 9.92. The fourth-order valence-corrected chi connectivity index (χ4v) is 4.47. The van der Waals surface area contributed by atoms with Gasteiger partial charge >= 0.3 is 0 Å². The fourth-order valence-electron chi connectivity index (χ4n) is 2.03. The van der Waals surface area contributed by atoms with Gasteiger partial charge in [0, 0.05) is 16.8 Å². The van der Waals surface area contributed by atoms with Crippen LogP contribution in [0.25, 0.3) is 0 Å². The second kappa shape index (κ2) is 5.31. The Bertz CT molecular complexity index is 666. The van der Waals surface area contributed by atoms with Crippen LogP contribution in [-0.2, 0) is 15.4 Å². The number of H-pyrrole nitrogens is 1. The Morgan fingerprint density at radius 3 is 2.60 bits per heavy atom. The number of nitrogens with one attached hydrogen (secondary N) is 2. The van der Waals surface area contributed by atoms with Crippen molar-refractivity contribution in [2.45, 2.75) is 38.0 Å². The topological polar surface area (TPSA) is 74.8 Å². The first-order valence-corrected chi connectivity index (χ1v) is 8.65. The van der Waals surface area contributed by atoms with Crippen molar-refractivity contribution in [1.29, 1.82) is 0 Å². The van der Waals surface area contributed by atoms with E-state index in [9.17, 15) is 8.42 Å². The zero-order valence-electron chi connectivity index (χ0n) is 12.0. The molecule has 5 nitrogen and oxygen atoms in total. The molecule has 0 saturated carbocycles. The molecule has 20 heavy (non-hydrogen) atoms. The lowest BCUT2D eigenvalue weighted by molar-refractivity contribution is 0.509. The van der Waals surface area contributed by atoms with E-state index in [0.717, 1.165) is 4.88 Å². The van der Waals surface area contributed by atoms with Gasteiger partial charge in [0.25, 0.3) is 0 Å². The van der Waals surface area contributed by atoms with E-state index in [1.165, 1.54) is 0 Å². The minimum atomic E-state index is -3.54. The third-order valence-electron chi connectivity index (χ3n) is 3.22. The van der Waals surface area contributed by atoms with Gasteiger partial charge in [-0.2, -0.15) is 5.10 Å². The van der Waals surface area contributed by atoms with Crippen molar-refractivity contribution in [1.82, 2.24) is 14.9 Å². The summed E-state index contributed by atoms with van der Waals surface area (Å²) in [5, 5.41) is 8.63. The average molecular weight is 313 g/mol. The van der Waals surface area contributed by atoms with E-state index >= 15 is 0 Å². The van der Waals surface area contributed by atoms with Gasteiger partial charge < -0.3 is 0 Å². The fraction of sp³-hybridized carbons (Fsp3) is 0.462. The van der Waals surface area contributed by atoms with Gasteiger partial charge in [-0.05, 0) is 25.3 Å². The van der Waals surface area contributed by atoms with Crippen molar-refractivity contribution < 1.29 is 8.42 Å². The predicted molar refractivity (Wildman–Crippen MR) is 80.6 cm³/mol. The van der Waals surface area contributed by atoms with Crippen LogP contribution < -0.4 is 4.72 Å². The number of hydrogen-bond acceptors (Lipinski definition) is 4.